The van der Waals surface area contributed by atoms with E-state index in [0.29, 0.717) is 12.5 Å². The Morgan fingerprint density at radius 2 is 2.06 bits per heavy atom. The molecule has 0 spiro atoms. The number of carbonyl (C=O) groups excluding carboxylic acids is 1. The van der Waals surface area contributed by atoms with Crippen LogP contribution < -0.4 is 10.6 Å². The van der Waals surface area contributed by atoms with E-state index in [0.717, 1.165) is 39.1 Å². The zero-order valence-corrected chi connectivity index (χ0v) is 10.8. The first kappa shape index (κ1) is 15.4. The average Bonchev–Trinajstić information content (AvgIpc) is 2.24. The van der Waals surface area contributed by atoms with Crippen molar-refractivity contribution in [2.75, 3.05) is 32.8 Å². The SMILES string of the molecule is CCCNC(=O)CNCCCOCC(C)C. The highest BCUT2D eigenvalue weighted by molar-refractivity contribution is 5.77. The third-order valence-corrected chi connectivity index (χ3v) is 1.95. The number of hydrogen-bond donors (Lipinski definition) is 2. The molecule has 1 amide bonds. The molecule has 2 N–H and O–H groups in total. The molecule has 0 saturated heterocycles. The highest BCUT2D eigenvalue weighted by Crippen LogP contribution is 1.92. The van der Waals surface area contributed by atoms with Crippen LogP contribution in [0.15, 0.2) is 0 Å². The van der Waals surface area contributed by atoms with Gasteiger partial charge in [0, 0.05) is 19.8 Å². The van der Waals surface area contributed by atoms with Crippen LogP contribution in [0.2, 0.25) is 0 Å². The summed E-state index contributed by atoms with van der Waals surface area (Å²) in [6.45, 7) is 9.89. The molecule has 0 atom stereocenters. The molecule has 0 aromatic heterocycles. The molecule has 0 aliphatic rings. The van der Waals surface area contributed by atoms with Gasteiger partial charge in [0.25, 0.3) is 0 Å². The van der Waals surface area contributed by atoms with Gasteiger partial charge in [-0.1, -0.05) is 20.8 Å². The minimum Gasteiger partial charge on any atom is -0.381 e. The van der Waals surface area contributed by atoms with Gasteiger partial charge < -0.3 is 15.4 Å². The van der Waals surface area contributed by atoms with Gasteiger partial charge in [0.05, 0.1) is 6.54 Å². The van der Waals surface area contributed by atoms with Gasteiger partial charge in [-0.25, -0.2) is 0 Å². The molecule has 4 heteroatoms. The van der Waals surface area contributed by atoms with E-state index < -0.39 is 0 Å². The fourth-order valence-corrected chi connectivity index (χ4v) is 1.15. The molecular formula is C12H26N2O2. The average molecular weight is 230 g/mol. The molecule has 0 rings (SSSR count). The molecule has 0 radical (unpaired) electrons. The number of nitrogens with one attached hydrogen (secondary N) is 2. The van der Waals surface area contributed by atoms with Crippen LogP contribution in [0.1, 0.15) is 33.6 Å². The number of carbonyl (C=O) groups is 1. The Morgan fingerprint density at radius 1 is 1.31 bits per heavy atom. The van der Waals surface area contributed by atoms with E-state index in [9.17, 15) is 4.79 Å². The van der Waals surface area contributed by atoms with E-state index >= 15 is 0 Å². The number of hydrogen-bond acceptors (Lipinski definition) is 3. The van der Waals surface area contributed by atoms with E-state index in [-0.39, 0.29) is 5.91 Å². The van der Waals surface area contributed by atoms with Crippen LogP contribution in [-0.2, 0) is 9.53 Å². The molecule has 0 aliphatic carbocycles. The van der Waals surface area contributed by atoms with Gasteiger partial charge in [0.1, 0.15) is 0 Å². The van der Waals surface area contributed by atoms with Crippen molar-refractivity contribution in [3.8, 4) is 0 Å². The van der Waals surface area contributed by atoms with Crippen LogP contribution in [0.25, 0.3) is 0 Å². The first-order valence-corrected chi connectivity index (χ1v) is 6.22. The Kier molecular flexibility index (Phi) is 10.5. The third-order valence-electron chi connectivity index (χ3n) is 1.95. The molecule has 0 saturated carbocycles. The maximum Gasteiger partial charge on any atom is 0.233 e. The summed E-state index contributed by atoms with van der Waals surface area (Å²) in [6.07, 6.45) is 1.93. The molecule has 0 fully saturated rings. The summed E-state index contributed by atoms with van der Waals surface area (Å²) in [6, 6.07) is 0. The van der Waals surface area contributed by atoms with E-state index in [1.165, 1.54) is 0 Å². The van der Waals surface area contributed by atoms with Gasteiger partial charge in [0.15, 0.2) is 0 Å². The molecular weight excluding hydrogens is 204 g/mol. The first-order valence-electron chi connectivity index (χ1n) is 6.22. The fourth-order valence-electron chi connectivity index (χ4n) is 1.15. The molecule has 0 aliphatic heterocycles. The summed E-state index contributed by atoms with van der Waals surface area (Å²) >= 11 is 0. The lowest BCUT2D eigenvalue weighted by Gasteiger charge is -2.07. The molecule has 16 heavy (non-hydrogen) atoms. The standard InChI is InChI=1S/C12H26N2O2/c1-4-6-14-12(15)9-13-7-5-8-16-10-11(2)3/h11,13H,4-10H2,1-3H3,(H,14,15). The van der Waals surface area contributed by atoms with Gasteiger partial charge in [-0.15, -0.1) is 0 Å². The molecule has 0 aromatic rings. The van der Waals surface area contributed by atoms with Crippen LogP contribution in [-0.4, -0.2) is 38.8 Å². The predicted octanol–water partition coefficient (Wildman–Crippen LogP) is 1.16. The zero-order chi connectivity index (χ0) is 12.2. The number of amides is 1. The summed E-state index contributed by atoms with van der Waals surface area (Å²) in [5.41, 5.74) is 0. The first-order chi connectivity index (χ1) is 7.66. The lowest BCUT2D eigenvalue weighted by Crippen LogP contribution is -2.34. The van der Waals surface area contributed by atoms with Gasteiger partial charge in [-0.2, -0.15) is 0 Å². The predicted molar refractivity (Wildman–Crippen MR) is 66.4 cm³/mol. The maximum atomic E-state index is 11.2. The Hall–Kier alpha value is -0.610. The summed E-state index contributed by atoms with van der Waals surface area (Å²) in [4.78, 5) is 11.2. The normalized spacial score (nSPS) is 10.8. The van der Waals surface area contributed by atoms with Crippen molar-refractivity contribution in [1.82, 2.24) is 10.6 Å². The molecule has 96 valence electrons. The van der Waals surface area contributed by atoms with Gasteiger partial charge in [0.2, 0.25) is 5.91 Å². The monoisotopic (exact) mass is 230 g/mol. The van der Waals surface area contributed by atoms with E-state index in [1.54, 1.807) is 0 Å². The number of ether oxygens (including phenoxy) is 1. The second-order valence-corrected chi connectivity index (χ2v) is 4.35. The van der Waals surface area contributed by atoms with Crippen molar-refractivity contribution in [1.29, 1.82) is 0 Å². The van der Waals surface area contributed by atoms with Crippen molar-refractivity contribution < 1.29 is 9.53 Å². The van der Waals surface area contributed by atoms with Gasteiger partial charge in [-0.3, -0.25) is 4.79 Å². The Balaban J connectivity index is 3.11. The molecule has 0 unspecified atom stereocenters. The Bertz CT molecular complexity index is 172. The van der Waals surface area contributed by atoms with Crippen molar-refractivity contribution in [2.24, 2.45) is 5.92 Å². The maximum absolute atomic E-state index is 11.2. The van der Waals surface area contributed by atoms with Crippen LogP contribution in [0, 0.1) is 5.92 Å². The number of rotatable bonds is 10. The van der Waals surface area contributed by atoms with Crippen molar-refractivity contribution in [3.05, 3.63) is 0 Å². The van der Waals surface area contributed by atoms with Gasteiger partial charge in [-0.05, 0) is 25.3 Å². The van der Waals surface area contributed by atoms with Gasteiger partial charge >= 0.3 is 0 Å². The topological polar surface area (TPSA) is 50.4 Å². The largest absolute Gasteiger partial charge is 0.381 e. The van der Waals surface area contributed by atoms with Crippen LogP contribution in [0.3, 0.4) is 0 Å². The smallest absolute Gasteiger partial charge is 0.233 e. The highest BCUT2D eigenvalue weighted by atomic mass is 16.5. The summed E-state index contributed by atoms with van der Waals surface area (Å²) in [5, 5.41) is 5.91. The van der Waals surface area contributed by atoms with Crippen LogP contribution in [0.4, 0.5) is 0 Å². The molecule has 0 aromatic carbocycles. The second kappa shape index (κ2) is 10.9. The van der Waals surface area contributed by atoms with E-state index in [1.807, 2.05) is 6.92 Å². The minimum absolute atomic E-state index is 0.0740. The summed E-state index contributed by atoms with van der Waals surface area (Å²) in [7, 11) is 0. The molecule has 4 nitrogen and oxygen atoms in total. The van der Waals surface area contributed by atoms with Crippen molar-refractivity contribution in [3.63, 3.8) is 0 Å². The van der Waals surface area contributed by atoms with Crippen LogP contribution >= 0.6 is 0 Å². The van der Waals surface area contributed by atoms with Crippen molar-refractivity contribution >= 4 is 5.91 Å². The Labute approximate surface area is 99.1 Å². The summed E-state index contributed by atoms with van der Waals surface area (Å²) in [5.74, 6) is 0.665. The Morgan fingerprint density at radius 3 is 2.69 bits per heavy atom. The quantitative estimate of drug-likeness (QED) is 0.554. The molecule has 0 bridgehead atoms. The fraction of sp³-hybridized carbons (Fsp3) is 0.917. The van der Waals surface area contributed by atoms with E-state index in [2.05, 4.69) is 24.5 Å². The lowest BCUT2D eigenvalue weighted by molar-refractivity contribution is -0.120. The van der Waals surface area contributed by atoms with E-state index in [4.69, 9.17) is 4.74 Å². The molecule has 0 heterocycles. The zero-order valence-electron chi connectivity index (χ0n) is 10.8. The minimum atomic E-state index is 0.0740. The summed E-state index contributed by atoms with van der Waals surface area (Å²) < 4.78 is 5.43. The van der Waals surface area contributed by atoms with Crippen molar-refractivity contribution in [2.45, 2.75) is 33.6 Å². The highest BCUT2D eigenvalue weighted by Gasteiger charge is 1.98. The third kappa shape index (κ3) is 11.5. The second-order valence-electron chi connectivity index (χ2n) is 4.35. The van der Waals surface area contributed by atoms with Crippen LogP contribution in [0.5, 0.6) is 0 Å². The lowest BCUT2D eigenvalue weighted by atomic mass is 10.2.